The van der Waals surface area contributed by atoms with Crippen LogP contribution in [0.5, 0.6) is 0 Å². The van der Waals surface area contributed by atoms with Crippen LogP contribution in [0.15, 0.2) is 0 Å². The quantitative estimate of drug-likeness (QED) is 0.821. The molecule has 0 saturated carbocycles. The number of aromatic nitrogens is 1. The zero-order valence-electron chi connectivity index (χ0n) is 11.8. The van der Waals surface area contributed by atoms with Gasteiger partial charge in [0.05, 0.1) is 13.7 Å². The minimum absolute atomic E-state index is 0.116. The minimum atomic E-state index is -0.471. The molecule has 1 rings (SSSR count). The lowest BCUT2D eigenvalue weighted by molar-refractivity contribution is -0.120. The largest absolute Gasteiger partial charge is 0.464 e. The number of ether oxygens (including phenoxy) is 1. The Bertz CT molecular complexity index is 477. The van der Waals surface area contributed by atoms with Crippen LogP contribution < -0.4 is 10.6 Å². The van der Waals surface area contributed by atoms with Crippen molar-refractivity contribution in [2.75, 3.05) is 19.0 Å². The first kappa shape index (κ1) is 15.4. The molecule has 19 heavy (non-hydrogen) atoms. The third kappa shape index (κ3) is 4.86. The van der Waals surface area contributed by atoms with E-state index >= 15 is 0 Å². The van der Waals surface area contributed by atoms with Crippen LogP contribution in [0.25, 0.3) is 0 Å². The number of amides is 1. The zero-order valence-corrected chi connectivity index (χ0v) is 12.6. The third-order valence-corrected chi connectivity index (χ3v) is 3.02. The lowest BCUT2D eigenvalue weighted by Crippen LogP contribution is -2.43. The number of hydrogen-bond acceptors (Lipinski definition) is 6. The number of thiazole rings is 1. The summed E-state index contributed by atoms with van der Waals surface area (Å²) in [5.41, 5.74) is 0.0144. The van der Waals surface area contributed by atoms with Crippen molar-refractivity contribution in [1.29, 1.82) is 0 Å². The van der Waals surface area contributed by atoms with Gasteiger partial charge in [-0.15, -0.1) is 11.3 Å². The van der Waals surface area contributed by atoms with E-state index in [-0.39, 0.29) is 23.7 Å². The first-order chi connectivity index (χ1) is 8.73. The number of hydrogen-bond donors (Lipinski definition) is 2. The van der Waals surface area contributed by atoms with Crippen LogP contribution in [-0.2, 0) is 9.53 Å². The summed E-state index contributed by atoms with van der Waals surface area (Å²) in [6.07, 6.45) is 0. The number of carbonyl (C=O) groups is 2. The van der Waals surface area contributed by atoms with Gasteiger partial charge in [0.15, 0.2) is 10.8 Å². The molecule has 0 spiro atoms. The molecular formula is C12H19N3O3S. The lowest BCUT2D eigenvalue weighted by Gasteiger charge is -2.20. The van der Waals surface area contributed by atoms with Crippen LogP contribution in [0, 0.1) is 6.92 Å². The molecule has 0 unspecified atom stereocenters. The molecule has 0 bridgehead atoms. The maximum absolute atomic E-state index is 11.6. The van der Waals surface area contributed by atoms with Crippen molar-refractivity contribution in [3.05, 3.63) is 10.6 Å². The van der Waals surface area contributed by atoms with Crippen LogP contribution >= 0.6 is 11.3 Å². The van der Waals surface area contributed by atoms with Gasteiger partial charge in [0.2, 0.25) is 5.91 Å². The molecule has 0 radical (unpaired) electrons. The van der Waals surface area contributed by atoms with Gasteiger partial charge in [-0.25, -0.2) is 9.78 Å². The fourth-order valence-electron chi connectivity index (χ4n) is 1.38. The number of methoxy groups -OCH3 is 1. The zero-order chi connectivity index (χ0) is 14.6. The second-order valence-corrected chi connectivity index (χ2v) is 6.27. The fourth-order valence-corrected chi connectivity index (χ4v) is 2.17. The highest BCUT2D eigenvalue weighted by Gasteiger charge is 2.17. The Kier molecular flexibility index (Phi) is 4.88. The average molecular weight is 285 g/mol. The van der Waals surface area contributed by atoms with Crippen molar-refractivity contribution in [2.45, 2.75) is 33.2 Å². The molecule has 2 N–H and O–H groups in total. The van der Waals surface area contributed by atoms with Crippen molar-refractivity contribution >= 4 is 28.3 Å². The van der Waals surface area contributed by atoms with Crippen LogP contribution in [0.1, 0.15) is 36.1 Å². The first-order valence-electron chi connectivity index (χ1n) is 5.83. The molecule has 0 fully saturated rings. The molecule has 7 heteroatoms. The van der Waals surface area contributed by atoms with Gasteiger partial charge in [0.25, 0.3) is 0 Å². The highest BCUT2D eigenvalue weighted by Crippen LogP contribution is 2.22. The second-order valence-electron chi connectivity index (χ2n) is 5.07. The third-order valence-electron chi connectivity index (χ3n) is 2.09. The van der Waals surface area contributed by atoms with Crippen LogP contribution in [0.2, 0.25) is 0 Å². The smallest absolute Gasteiger partial charge is 0.357 e. The van der Waals surface area contributed by atoms with E-state index in [0.29, 0.717) is 5.13 Å². The van der Waals surface area contributed by atoms with Gasteiger partial charge in [-0.3, -0.25) is 4.79 Å². The van der Waals surface area contributed by atoms with Gasteiger partial charge in [-0.2, -0.15) is 0 Å². The Morgan fingerprint density at radius 2 is 2.00 bits per heavy atom. The van der Waals surface area contributed by atoms with Gasteiger partial charge in [-0.1, -0.05) is 0 Å². The molecule has 1 aromatic rings. The molecule has 6 nitrogen and oxygen atoms in total. The number of aryl methyl sites for hydroxylation is 1. The monoisotopic (exact) mass is 285 g/mol. The van der Waals surface area contributed by atoms with Crippen molar-refractivity contribution in [3.63, 3.8) is 0 Å². The van der Waals surface area contributed by atoms with E-state index in [1.54, 1.807) is 6.92 Å². The van der Waals surface area contributed by atoms with E-state index in [2.05, 4.69) is 20.4 Å². The minimum Gasteiger partial charge on any atom is -0.464 e. The van der Waals surface area contributed by atoms with Gasteiger partial charge in [0.1, 0.15) is 0 Å². The summed E-state index contributed by atoms with van der Waals surface area (Å²) in [5.74, 6) is -0.596. The fraction of sp³-hybridized carbons (Fsp3) is 0.583. The molecular weight excluding hydrogens is 266 g/mol. The molecule has 1 aromatic heterocycles. The Morgan fingerprint density at radius 3 is 2.53 bits per heavy atom. The second kappa shape index (κ2) is 6.01. The average Bonchev–Trinajstić information content (AvgIpc) is 2.65. The Hall–Kier alpha value is -1.63. The van der Waals surface area contributed by atoms with E-state index in [0.717, 1.165) is 4.88 Å². The van der Waals surface area contributed by atoms with Crippen molar-refractivity contribution in [3.8, 4) is 0 Å². The molecule has 0 aliphatic carbocycles. The Balaban J connectivity index is 2.60. The van der Waals surface area contributed by atoms with Crippen LogP contribution in [-0.4, -0.2) is 36.1 Å². The summed E-state index contributed by atoms with van der Waals surface area (Å²) in [4.78, 5) is 27.9. The Labute approximate surface area is 116 Å². The topological polar surface area (TPSA) is 80.3 Å². The first-order valence-corrected chi connectivity index (χ1v) is 6.65. The normalized spacial score (nSPS) is 11.0. The molecule has 0 saturated heterocycles. The standard InChI is InChI=1S/C12H19N3O3S/c1-7-9(10(17)18-5)14-11(19-7)13-6-8(16)15-12(2,3)4/h6H2,1-5H3,(H,13,14)(H,15,16). The number of nitrogens with one attached hydrogen (secondary N) is 2. The van der Waals surface area contributed by atoms with E-state index in [1.807, 2.05) is 20.8 Å². The number of nitrogens with zero attached hydrogens (tertiary/aromatic N) is 1. The molecule has 0 aliphatic rings. The van der Waals surface area contributed by atoms with E-state index in [9.17, 15) is 9.59 Å². The highest BCUT2D eigenvalue weighted by atomic mass is 32.1. The number of rotatable bonds is 4. The molecule has 0 atom stereocenters. The summed E-state index contributed by atoms with van der Waals surface area (Å²) in [7, 11) is 1.31. The summed E-state index contributed by atoms with van der Waals surface area (Å²) in [6, 6.07) is 0. The number of anilines is 1. The predicted octanol–water partition coefficient (Wildman–Crippen LogP) is 1.56. The molecule has 1 amide bonds. The maximum atomic E-state index is 11.6. The molecule has 1 heterocycles. The highest BCUT2D eigenvalue weighted by molar-refractivity contribution is 7.15. The summed E-state index contributed by atoms with van der Waals surface area (Å²) < 4.78 is 4.62. The Morgan fingerprint density at radius 1 is 1.37 bits per heavy atom. The summed E-state index contributed by atoms with van der Waals surface area (Å²) >= 11 is 1.31. The lowest BCUT2D eigenvalue weighted by atomic mass is 10.1. The maximum Gasteiger partial charge on any atom is 0.357 e. The van der Waals surface area contributed by atoms with Gasteiger partial charge in [-0.05, 0) is 27.7 Å². The van der Waals surface area contributed by atoms with Gasteiger partial charge >= 0.3 is 5.97 Å². The number of esters is 1. The van der Waals surface area contributed by atoms with Crippen LogP contribution in [0.3, 0.4) is 0 Å². The van der Waals surface area contributed by atoms with Gasteiger partial charge < -0.3 is 15.4 Å². The van der Waals surface area contributed by atoms with Crippen LogP contribution in [0.4, 0.5) is 5.13 Å². The van der Waals surface area contributed by atoms with Crippen molar-refractivity contribution in [2.24, 2.45) is 0 Å². The van der Waals surface area contributed by atoms with E-state index in [4.69, 9.17) is 0 Å². The SMILES string of the molecule is COC(=O)c1nc(NCC(=O)NC(C)(C)C)sc1C. The van der Waals surface area contributed by atoms with E-state index in [1.165, 1.54) is 18.4 Å². The summed E-state index contributed by atoms with van der Waals surface area (Å²) in [6.45, 7) is 7.63. The molecule has 0 aromatic carbocycles. The predicted molar refractivity (Wildman–Crippen MR) is 74.6 cm³/mol. The summed E-state index contributed by atoms with van der Waals surface area (Å²) in [5, 5.41) is 6.25. The van der Waals surface area contributed by atoms with Gasteiger partial charge in [0, 0.05) is 10.4 Å². The van der Waals surface area contributed by atoms with E-state index < -0.39 is 5.97 Å². The molecule has 106 valence electrons. The molecule has 0 aliphatic heterocycles. The number of carbonyl (C=O) groups excluding carboxylic acids is 2. The van der Waals surface area contributed by atoms with Crippen molar-refractivity contribution in [1.82, 2.24) is 10.3 Å². The van der Waals surface area contributed by atoms with Crippen molar-refractivity contribution < 1.29 is 14.3 Å².